The molecule has 0 radical (unpaired) electrons. The van der Waals surface area contributed by atoms with Crippen LogP contribution < -0.4 is 4.74 Å². The van der Waals surface area contributed by atoms with Crippen molar-refractivity contribution in [3.8, 4) is 11.4 Å². The lowest BCUT2D eigenvalue weighted by Crippen LogP contribution is -2.26. The van der Waals surface area contributed by atoms with Gasteiger partial charge in [0.15, 0.2) is 5.65 Å². The molecule has 0 unspecified atom stereocenters. The number of hydrogen-bond donors (Lipinski definition) is 0. The highest BCUT2D eigenvalue weighted by Gasteiger charge is 2.22. The van der Waals surface area contributed by atoms with Crippen molar-refractivity contribution < 1.29 is 9.53 Å². The number of rotatable bonds is 5. The first-order valence-electron chi connectivity index (χ1n) is 9.47. The average Bonchev–Trinajstić information content (AvgIpc) is 3.11. The van der Waals surface area contributed by atoms with E-state index in [1.54, 1.807) is 23.7 Å². The normalized spacial score (nSPS) is 10.9. The van der Waals surface area contributed by atoms with Gasteiger partial charge >= 0.3 is 0 Å². The van der Waals surface area contributed by atoms with Crippen LogP contribution >= 0.6 is 11.6 Å². The van der Waals surface area contributed by atoms with Gasteiger partial charge in [0.25, 0.3) is 5.91 Å². The molecule has 0 bridgehead atoms. The molecule has 4 aromatic rings. The van der Waals surface area contributed by atoms with Crippen LogP contribution in [0, 0.1) is 6.92 Å². The van der Waals surface area contributed by atoms with Crippen molar-refractivity contribution in [3.05, 3.63) is 82.6 Å². The van der Waals surface area contributed by atoms with Gasteiger partial charge < -0.3 is 9.64 Å². The summed E-state index contributed by atoms with van der Waals surface area (Å²) in [6.45, 7) is 2.34. The maximum atomic E-state index is 13.0. The minimum atomic E-state index is -0.188. The van der Waals surface area contributed by atoms with E-state index in [9.17, 15) is 4.79 Å². The fourth-order valence-electron chi connectivity index (χ4n) is 3.41. The summed E-state index contributed by atoms with van der Waals surface area (Å²) in [7, 11) is 3.37. The van der Waals surface area contributed by atoms with E-state index in [0.717, 1.165) is 11.3 Å². The van der Waals surface area contributed by atoms with E-state index >= 15 is 0 Å². The third kappa shape index (κ3) is 3.62. The van der Waals surface area contributed by atoms with Crippen LogP contribution in [-0.4, -0.2) is 39.7 Å². The Bertz CT molecular complexity index is 1220. The van der Waals surface area contributed by atoms with E-state index in [1.165, 1.54) is 6.20 Å². The summed E-state index contributed by atoms with van der Waals surface area (Å²) in [5.41, 5.74) is 3.49. The summed E-state index contributed by atoms with van der Waals surface area (Å²) < 4.78 is 7.02. The third-order valence-electron chi connectivity index (χ3n) is 4.95. The Labute approximate surface area is 179 Å². The minimum absolute atomic E-state index is 0.188. The molecule has 0 aliphatic carbocycles. The number of nitrogens with zero attached hydrogens (tertiary/aromatic N) is 4. The predicted octanol–water partition coefficient (Wildman–Crippen LogP) is 4.66. The molecule has 7 heteroatoms. The SMILES string of the molecule is COc1cccc(-n2nc(C)c3c(Cl)c(C(=O)N(C)Cc4ccccc4)cnc32)c1. The maximum Gasteiger partial charge on any atom is 0.257 e. The van der Waals surface area contributed by atoms with Crippen LogP contribution in [0.1, 0.15) is 21.6 Å². The molecule has 0 saturated heterocycles. The van der Waals surface area contributed by atoms with Crippen LogP contribution in [0.2, 0.25) is 5.02 Å². The van der Waals surface area contributed by atoms with Crippen LogP contribution in [0.5, 0.6) is 5.75 Å². The molecule has 152 valence electrons. The summed E-state index contributed by atoms with van der Waals surface area (Å²) >= 11 is 6.68. The lowest BCUT2D eigenvalue weighted by Gasteiger charge is -2.18. The van der Waals surface area contributed by atoms with Gasteiger partial charge in [0, 0.05) is 25.9 Å². The number of benzene rings is 2. The Kier molecular flexibility index (Phi) is 5.42. The molecule has 2 aromatic heterocycles. The molecule has 4 rings (SSSR count). The number of carbonyl (C=O) groups excluding carboxylic acids is 1. The van der Waals surface area contributed by atoms with Crippen molar-refractivity contribution in [1.82, 2.24) is 19.7 Å². The molecular weight excluding hydrogens is 400 g/mol. The van der Waals surface area contributed by atoms with Crippen LogP contribution in [0.25, 0.3) is 16.7 Å². The van der Waals surface area contributed by atoms with Gasteiger partial charge in [-0.25, -0.2) is 9.67 Å². The number of ether oxygens (including phenoxy) is 1. The Morgan fingerprint density at radius 1 is 1.17 bits per heavy atom. The monoisotopic (exact) mass is 420 g/mol. The van der Waals surface area contributed by atoms with E-state index in [-0.39, 0.29) is 5.91 Å². The molecule has 0 fully saturated rings. The molecule has 0 aliphatic heterocycles. The zero-order valence-corrected chi connectivity index (χ0v) is 17.7. The minimum Gasteiger partial charge on any atom is -0.497 e. The van der Waals surface area contributed by atoms with Crippen LogP contribution in [-0.2, 0) is 6.54 Å². The van der Waals surface area contributed by atoms with Crippen molar-refractivity contribution in [2.45, 2.75) is 13.5 Å². The Morgan fingerprint density at radius 2 is 1.93 bits per heavy atom. The van der Waals surface area contributed by atoms with Gasteiger partial charge in [-0.2, -0.15) is 5.10 Å². The van der Waals surface area contributed by atoms with Crippen molar-refractivity contribution in [3.63, 3.8) is 0 Å². The average molecular weight is 421 g/mol. The largest absolute Gasteiger partial charge is 0.497 e. The molecule has 0 spiro atoms. The van der Waals surface area contributed by atoms with Crippen LogP contribution in [0.4, 0.5) is 0 Å². The van der Waals surface area contributed by atoms with Crippen molar-refractivity contribution in [2.24, 2.45) is 0 Å². The first-order chi connectivity index (χ1) is 14.5. The lowest BCUT2D eigenvalue weighted by molar-refractivity contribution is 0.0785. The fourth-order valence-corrected chi connectivity index (χ4v) is 3.77. The number of methoxy groups -OCH3 is 1. The second kappa shape index (κ2) is 8.16. The van der Waals surface area contributed by atoms with Gasteiger partial charge in [0.1, 0.15) is 5.75 Å². The number of fused-ring (bicyclic) bond motifs is 1. The predicted molar refractivity (Wildman–Crippen MR) is 117 cm³/mol. The topological polar surface area (TPSA) is 60.3 Å². The summed E-state index contributed by atoms with van der Waals surface area (Å²) in [6, 6.07) is 17.3. The molecular formula is C23H21ClN4O2. The highest BCUT2D eigenvalue weighted by atomic mass is 35.5. The molecule has 0 atom stereocenters. The summed E-state index contributed by atoms with van der Waals surface area (Å²) in [5.74, 6) is 0.529. The van der Waals surface area contributed by atoms with Gasteiger partial charge in [-0.1, -0.05) is 48.0 Å². The molecule has 1 amide bonds. The molecule has 0 aliphatic rings. The number of halogens is 1. The zero-order valence-electron chi connectivity index (χ0n) is 17.0. The maximum absolute atomic E-state index is 13.0. The number of pyridine rings is 1. The Morgan fingerprint density at radius 3 is 2.67 bits per heavy atom. The smallest absolute Gasteiger partial charge is 0.257 e. The third-order valence-corrected chi connectivity index (χ3v) is 5.34. The van der Waals surface area contributed by atoms with E-state index in [0.29, 0.717) is 39.6 Å². The Hall–Kier alpha value is -3.38. The molecule has 2 heterocycles. The van der Waals surface area contributed by atoms with Gasteiger partial charge in [-0.15, -0.1) is 0 Å². The van der Waals surface area contributed by atoms with Gasteiger partial charge in [-0.3, -0.25) is 4.79 Å². The van der Waals surface area contributed by atoms with E-state index in [2.05, 4.69) is 10.1 Å². The lowest BCUT2D eigenvalue weighted by atomic mass is 10.1. The van der Waals surface area contributed by atoms with Gasteiger partial charge in [-0.05, 0) is 24.6 Å². The number of aryl methyl sites for hydroxylation is 1. The molecule has 6 nitrogen and oxygen atoms in total. The molecule has 30 heavy (non-hydrogen) atoms. The second-order valence-corrected chi connectivity index (χ2v) is 7.41. The highest BCUT2D eigenvalue weighted by molar-refractivity contribution is 6.38. The van der Waals surface area contributed by atoms with Crippen molar-refractivity contribution in [2.75, 3.05) is 14.2 Å². The summed E-state index contributed by atoms with van der Waals surface area (Å²) in [4.78, 5) is 19.2. The number of aromatic nitrogens is 3. The fraction of sp³-hybridized carbons (Fsp3) is 0.174. The zero-order chi connectivity index (χ0) is 21.3. The number of hydrogen-bond acceptors (Lipinski definition) is 4. The summed E-state index contributed by atoms with van der Waals surface area (Å²) in [5, 5.41) is 5.62. The van der Waals surface area contributed by atoms with Crippen molar-refractivity contribution in [1.29, 1.82) is 0 Å². The van der Waals surface area contributed by atoms with Gasteiger partial charge in [0.05, 0.1) is 34.5 Å². The van der Waals surface area contributed by atoms with E-state index in [4.69, 9.17) is 16.3 Å². The molecule has 2 aromatic carbocycles. The van der Waals surface area contributed by atoms with Crippen molar-refractivity contribution >= 4 is 28.5 Å². The van der Waals surface area contributed by atoms with E-state index < -0.39 is 0 Å². The standard InChI is InChI=1S/C23H21ClN4O2/c1-15-20-21(24)19(23(29)27(2)14-16-8-5-4-6-9-16)13-25-22(20)28(26-15)17-10-7-11-18(12-17)30-3/h4-13H,14H2,1-3H3. The molecule has 0 N–H and O–H groups in total. The summed E-state index contributed by atoms with van der Waals surface area (Å²) in [6.07, 6.45) is 1.52. The Balaban J connectivity index is 1.72. The highest BCUT2D eigenvalue weighted by Crippen LogP contribution is 2.31. The number of carbonyl (C=O) groups is 1. The quantitative estimate of drug-likeness (QED) is 0.471. The first kappa shape index (κ1) is 19.9. The van der Waals surface area contributed by atoms with Crippen LogP contribution in [0.3, 0.4) is 0 Å². The molecule has 0 saturated carbocycles. The first-order valence-corrected chi connectivity index (χ1v) is 9.85. The number of amides is 1. The van der Waals surface area contributed by atoms with Crippen LogP contribution in [0.15, 0.2) is 60.8 Å². The van der Waals surface area contributed by atoms with E-state index in [1.807, 2.05) is 61.5 Å². The van der Waals surface area contributed by atoms with Gasteiger partial charge in [0.2, 0.25) is 0 Å². The second-order valence-electron chi connectivity index (χ2n) is 7.03.